The third-order valence-corrected chi connectivity index (χ3v) is 33.6. The number of unbranched alkanes of at least 4 members (excludes halogenated alkanes) is 6. The molecule has 0 radical (unpaired) electrons. The van der Waals surface area contributed by atoms with Crippen molar-refractivity contribution in [3.05, 3.63) is 36.5 Å². The van der Waals surface area contributed by atoms with Gasteiger partial charge in [-0.2, -0.15) is 0 Å². The summed E-state index contributed by atoms with van der Waals surface area (Å²) in [5.41, 5.74) is 1.64. The molecule has 3 aromatic rings. The Bertz CT molecular complexity index is 1080. The summed E-state index contributed by atoms with van der Waals surface area (Å²) >= 11 is -3.58. The van der Waals surface area contributed by atoms with Crippen molar-refractivity contribution in [2.45, 2.75) is 145 Å². The van der Waals surface area contributed by atoms with Gasteiger partial charge in [0.1, 0.15) is 0 Å². The predicted molar refractivity (Wildman–Crippen MR) is 186 cm³/mol. The van der Waals surface area contributed by atoms with E-state index >= 15 is 0 Å². The van der Waals surface area contributed by atoms with Crippen molar-refractivity contribution < 1.29 is 5.11 Å². The van der Waals surface area contributed by atoms with Crippen molar-refractivity contribution in [1.82, 2.24) is 9.97 Å². The maximum atomic E-state index is 13.2. The molecule has 0 aliphatic heterocycles. The molecule has 0 saturated heterocycles. The molecular formula is C36H60N2OSn2. The van der Waals surface area contributed by atoms with Gasteiger partial charge in [0.25, 0.3) is 0 Å². The molecule has 0 unspecified atom stereocenters. The van der Waals surface area contributed by atoms with Crippen LogP contribution in [0.1, 0.15) is 119 Å². The van der Waals surface area contributed by atoms with Gasteiger partial charge in [-0.05, 0) is 0 Å². The molecule has 0 aliphatic rings. The first kappa shape index (κ1) is 36.6. The van der Waals surface area contributed by atoms with Crippen molar-refractivity contribution in [3.63, 3.8) is 0 Å². The van der Waals surface area contributed by atoms with Crippen molar-refractivity contribution in [2.75, 3.05) is 0 Å². The third-order valence-electron chi connectivity index (χ3n) is 8.80. The maximum absolute atomic E-state index is 13.2. The van der Waals surface area contributed by atoms with Crippen LogP contribution in [0.3, 0.4) is 0 Å². The normalized spacial score (nSPS) is 11.6. The van der Waals surface area contributed by atoms with Crippen LogP contribution in [-0.4, -0.2) is 48.1 Å². The molecule has 0 atom stereocenters. The number of pyridine rings is 2. The van der Waals surface area contributed by atoms with E-state index in [0.29, 0.717) is 0 Å². The Kier molecular flexibility index (Phi) is 18.9. The quantitative estimate of drug-likeness (QED) is 0.0900. The second kappa shape index (κ2) is 21.2. The Morgan fingerprint density at radius 2 is 1.15 bits per heavy atom. The van der Waals surface area contributed by atoms with E-state index in [9.17, 15) is 5.11 Å². The molecule has 0 bridgehead atoms. The fourth-order valence-corrected chi connectivity index (χ4v) is 32.3. The number of hydrogen-bond donors (Lipinski definition) is 0. The summed E-state index contributed by atoms with van der Waals surface area (Å²) in [4.78, 5) is 9.14. The molecule has 228 valence electrons. The zero-order chi connectivity index (χ0) is 29.9. The molecule has 5 heteroatoms. The van der Waals surface area contributed by atoms with Crippen LogP contribution in [0.2, 0.25) is 26.6 Å². The summed E-state index contributed by atoms with van der Waals surface area (Å²) < 4.78 is 10.5. The van der Waals surface area contributed by atoms with E-state index in [4.69, 9.17) is 0 Å². The Labute approximate surface area is 264 Å². The van der Waals surface area contributed by atoms with Crippen molar-refractivity contribution in [3.8, 4) is 5.88 Å². The Morgan fingerprint density at radius 3 is 1.63 bits per heavy atom. The van der Waals surface area contributed by atoms with Gasteiger partial charge >= 0.3 is 266 Å². The molecule has 2 heterocycles. The Balaban J connectivity index is 0.000000383. The third kappa shape index (κ3) is 11.5. The number of fused-ring (bicyclic) bond motifs is 3. The van der Waals surface area contributed by atoms with E-state index in [-0.39, 0.29) is 5.88 Å². The van der Waals surface area contributed by atoms with E-state index in [2.05, 4.69) is 63.6 Å². The van der Waals surface area contributed by atoms with E-state index in [0.717, 1.165) is 21.8 Å². The Hall–Kier alpha value is -0.563. The van der Waals surface area contributed by atoms with Crippen molar-refractivity contribution >= 4 is 63.5 Å². The molecule has 0 amide bonds. The molecular weight excluding hydrogens is 714 g/mol. The molecule has 0 spiro atoms. The fourth-order valence-electron chi connectivity index (χ4n) is 6.24. The van der Waals surface area contributed by atoms with E-state index in [1.807, 2.05) is 24.4 Å². The molecule has 0 N–H and O–H groups in total. The predicted octanol–water partition coefficient (Wildman–Crippen LogP) is 10.8. The number of rotatable bonds is 19. The zero-order valence-corrected chi connectivity index (χ0v) is 33.2. The first-order valence-electron chi connectivity index (χ1n) is 17.2. The van der Waals surface area contributed by atoms with Gasteiger partial charge in [0.2, 0.25) is 0 Å². The van der Waals surface area contributed by atoms with Crippen LogP contribution >= 0.6 is 0 Å². The first-order chi connectivity index (χ1) is 20.0. The molecule has 0 fully saturated rings. The van der Waals surface area contributed by atoms with Gasteiger partial charge in [-0.1, -0.05) is 0 Å². The van der Waals surface area contributed by atoms with Crippen molar-refractivity contribution in [1.29, 1.82) is 0 Å². The topological polar surface area (TPSA) is 48.8 Å². The summed E-state index contributed by atoms with van der Waals surface area (Å²) in [5, 5.41) is 15.0. The number of hydrogen-bond acceptors (Lipinski definition) is 3. The summed E-state index contributed by atoms with van der Waals surface area (Å²) in [6, 6.07) is 10.1. The zero-order valence-electron chi connectivity index (χ0n) is 27.5. The van der Waals surface area contributed by atoms with Gasteiger partial charge in [-0.25, -0.2) is 0 Å². The van der Waals surface area contributed by atoms with Gasteiger partial charge in [-0.15, -0.1) is 0 Å². The summed E-state index contributed by atoms with van der Waals surface area (Å²) in [6.07, 6.45) is 18.3. The van der Waals surface area contributed by atoms with Crippen LogP contribution in [0.4, 0.5) is 0 Å². The average molecular weight is 774 g/mol. The van der Waals surface area contributed by atoms with Crippen LogP contribution in [0.5, 0.6) is 5.88 Å². The summed E-state index contributed by atoms with van der Waals surface area (Å²) in [6.45, 7) is 13.9. The number of nitrogens with zero attached hydrogens (tertiary/aromatic N) is 2. The van der Waals surface area contributed by atoms with Crippen LogP contribution < -0.4 is 8.69 Å². The summed E-state index contributed by atoms with van der Waals surface area (Å²) in [5.74, 6) is -0.0672. The van der Waals surface area contributed by atoms with Gasteiger partial charge in [0.15, 0.2) is 0 Å². The van der Waals surface area contributed by atoms with Gasteiger partial charge < -0.3 is 0 Å². The molecule has 0 aliphatic carbocycles. The molecule has 1 aromatic carbocycles. The van der Waals surface area contributed by atoms with E-state index in [1.165, 1.54) is 93.9 Å². The van der Waals surface area contributed by atoms with Crippen LogP contribution in [-0.2, 0) is 0 Å². The molecule has 0 saturated carbocycles. The van der Waals surface area contributed by atoms with Crippen LogP contribution in [0.15, 0.2) is 36.5 Å². The number of aromatic nitrogens is 2. The second-order valence-corrected chi connectivity index (χ2v) is 33.9. The van der Waals surface area contributed by atoms with Crippen LogP contribution in [0, 0.1) is 0 Å². The van der Waals surface area contributed by atoms with Gasteiger partial charge in [0, 0.05) is 0 Å². The molecule has 3 rings (SSSR count). The van der Waals surface area contributed by atoms with Crippen LogP contribution in [0.25, 0.3) is 21.8 Å². The van der Waals surface area contributed by atoms with Gasteiger partial charge in [-0.3, -0.25) is 0 Å². The fraction of sp³-hybridized carbons (Fsp3) is 0.667. The molecule has 3 nitrogen and oxygen atoms in total. The molecule has 2 aromatic heterocycles. The van der Waals surface area contributed by atoms with E-state index < -0.39 is 38.1 Å². The van der Waals surface area contributed by atoms with Crippen molar-refractivity contribution in [2.24, 2.45) is 0 Å². The summed E-state index contributed by atoms with van der Waals surface area (Å²) in [7, 11) is 0. The molecule has 41 heavy (non-hydrogen) atoms. The average Bonchev–Trinajstić information content (AvgIpc) is 3.00. The Morgan fingerprint density at radius 1 is 0.659 bits per heavy atom. The number of para-hydroxylation sites is 1. The SMILES string of the molecule is CCC[CH2][Sn+]([CH2]CCC)[CH2]CCC.CCC[CH2][Sn]([CH2]CCC)([CH2]CCC)[c]1ccnc2c1c([O-])nc1ccccc12. The first-order valence-corrected chi connectivity index (χ1v) is 30.7. The van der Waals surface area contributed by atoms with E-state index in [1.54, 1.807) is 13.3 Å². The second-order valence-electron chi connectivity index (χ2n) is 12.2. The number of benzene rings is 1. The van der Waals surface area contributed by atoms with Gasteiger partial charge in [0.05, 0.1) is 0 Å². The monoisotopic (exact) mass is 776 g/mol. The minimum atomic E-state index is -2.74. The minimum absolute atomic E-state index is 0.0672. The standard InChI is InChI=1S/C12H7N2O.6C4H9.2Sn/c15-12-9-5-3-7-13-11(9)8-4-1-2-6-10(8)14-12;6*1-3-4-2;;/h1-4,6-7H,(H,14,15);6*1,3-4H2,2H3;;/q;;;;;;;;+1/p-1.